The number of pyridine rings is 1. The molecule has 0 aliphatic carbocycles. The van der Waals surface area contributed by atoms with Gasteiger partial charge < -0.3 is 15.7 Å². The van der Waals surface area contributed by atoms with Gasteiger partial charge in [-0.3, -0.25) is 4.40 Å². The number of aliphatic hydroxyl groups is 1. The van der Waals surface area contributed by atoms with Crippen LogP contribution in [0.2, 0.25) is 0 Å². The molecule has 2 atom stereocenters. The van der Waals surface area contributed by atoms with Gasteiger partial charge in [-0.1, -0.05) is 36.4 Å². The van der Waals surface area contributed by atoms with Crippen molar-refractivity contribution in [2.45, 2.75) is 19.0 Å². The highest BCUT2D eigenvalue weighted by Gasteiger charge is 2.18. The maximum Gasteiger partial charge on any atom is 0.315 e. The van der Waals surface area contributed by atoms with Crippen molar-refractivity contribution in [2.24, 2.45) is 0 Å². The standard InChI is InChI=1S/C17H19N5O2/c1-12(16-21-20-15-9-5-6-10-22(15)16)18-17(24)19-14(11-23)13-7-3-2-4-8-13/h2-10,12,14,23H,11H2,1H3,(H2,18,19,24). The molecule has 3 aromatic rings. The summed E-state index contributed by atoms with van der Waals surface area (Å²) in [5.41, 5.74) is 1.56. The Morgan fingerprint density at radius 1 is 1.12 bits per heavy atom. The summed E-state index contributed by atoms with van der Waals surface area (Å²) < 4.78 is 1.83. The van der Waals surface area contributed by atoms with Crippen LogP contribution in [0.1, 0.15) is 30.4 Å². The summed E-state index contributed by atoms with van der Waals surface area (Å²) >= 11 is 0. The summed E-state index contributed by atoms with van der Waals surface area (Å²) in [6, 6.07) is 13.8. The molecule has 0 fully saturated rings. The number of nitrogens with zero attached hydrogens (tertiary/aromatic N) is 3. The first kappa shape index (κ1) is 15.9. The highest BCUT2D eigenvalue weighted by atomic mass is 16.3. The van der Waals surface area contributed by atoms with Crippen LogP contribution in [-0.2, 0) is 0 Å². The Kier molecular flexibility index (Phi) is 4.72. The van der Waals surface area contributed by atoms with Crippen molar-refractivity contribution in [2.75, 3.05) is 6.61 Å². The van der Waals surface area contributed by atoms with E-state index in [1.807, 2.05) is 66.1 Å². The second kappa shape index (κ2) is 7.10. The quantitative estimate of drug-likeness (QED) is 0.667. The van der Waals surface area contributed by atoms with Crippen molar-refractivity contribution in [3.05, 3.63) is 66.1 Å². The van der Waals surface area contributed by atoms with Crippen LogP contribution in [0.3, 0.4) is 0 Å². The summed E-state index contributed by atoms with van der Waals surface area (Å²) in [4.78, 5) is 12.2. The molecule has 0 saturated heterocycles. The molecule has 2 aromatic heterocycles. The molecule has 3 rings (SSSR count). The number of benzene rings is 1. The van der Waals surface area contributed by atoms with E-state index in [2.05, 4.69) is 20.8 Å². The van der Waals surface area contributed by atoms with Crippen molar-refractivity contribution >= 4 is 11.7 Å². The largest absolute Gasteiger partial charge is 0.394 e. The number of nitrogens with one attached hydrogen (secondary N) is 2. The topological polar surface area (TPSA) is 91.5 Å². The number of hydrogen-bond acceptors (Lipinski definition) is 4. The number of carbonyl (C=O) groups is 1. The lowest BCUT2D eigenvalue weighted by Gasteiger charge is -2.19. The van der Waals surface area contributed by atoms with Crippen LogP contribution >= 0.6 is 0 Å². The Bertz CT molecular complexity index is 818. The number of aliphatic hydroxyl groups excluding tert-OH is 1. The molecule has 1 aromatic carbocycles. The number of aromatic nitrogens is 3. The van der Waals surface area contributed by atoms with Crippen LogP contribution in [-0.4, -0.2) is 32.3 Å². The number of rotatable bonds is 5. The molecular formula is C17H19N5O2. The van der Waals surface area contributed by atoms with Gasteiger partial charge in [0.05, 0.1) is 18.7 Å². The summed E-state index contributed by atoms with van der Waals surface area (Å²) in [5.74, 6) is 0.640. The van der Waals surface area contributed by atoms with Crippen LogP contribution < -0.4 is 10.6 Å². The van der Waals surface area contributed by atoms with Gasteiger partial charge in [-0.2, -0.15) is 0 Å². The van der Waals surface area contributed by atoms with E-state index < -0.39 is 6.04 Å². The third kappa shape index (κ3) is 3.36. The predicted molar refractivity (Wildman–Crippen MR) is 89.3 cm³/mol. The van der Waals surface area contributed by atoms with Crippen molar-refractivity contribution in [3.63, 3.8) is 0 Å². The minimum atomic E-state index is -0.464. The first-order valence-electron chi connectivity index (χ1n) is 7.71. The van der Waals surface area contributed by atoms with Crippen molar-refractivity contribution < 1.29 is 9.90 Å². The third-order valence-corrected chi connectivity index (χ3v) is 3.76. The maximum atomic E-state index is 12.2. The molecule has 24 heavy (non-hydrogen) atoms. The smallest absolute Gasteiger partial charge is 0.315 e. The lowest BCUT2D eigenvalue weighted by molar-refractivity contribution is 0.214. The molecule has 0 aliphatic heterocycles. The van der Waals surface area contributed by atoms with Gasteiger partial charge in [0, 0.05) is 6.20 Å². The van der Waals surface area contributed by atoms with Crippen molar-refractivity contribution in [3.8, 4) is 0 Å². The van der Waals surface area contributed by atoms with E-state index in [4.69, 9.17) is 0 Å². The van der Waals surface area contributed by atoms with Gasteiger partial charge in [0.25, 0.3) is 0 Å². The van der Waals surface area contributed by atoms with E-state index in [1.165, 1.54) is 0 Å². The molecule has 0 saturated carbocycles. The minimum Gasteiger partial charge on any atom is -0.394 e. The fourth-order valence-corrected chi connectivity index (χ4v) is 2.54. The second-order valence-electron chi connectivity index (χ2n) is 5.47. The number of amides is 2. The highest BCUT2D eigenvalue weighted by molar-refractivity contribution is 5.74. The van der Waals surface area contributed by atoms with E-state index >= 15 is 0 Å². The number of fused-ring (bicyclic) bond motifs is 1. The average Bonchev–Trinajstić information content (AvgIpc) is 3.04. The molecule has 0 spiro atoms. The molecule has 2 amide bonds. The number of carbonyl (C=O) groups excluding carboxylic acids is 1. The van der Waals surface area contributed by atoms with E-state index in [9.17, 15) is 9.90 Å². The fraction of sp³-hybridized carbons (Fsp3) is 0.235. The molecule has 3 N–H and O–H groups in total. The Morgan fingerprint density at radius 3 is 2.62 bits per heavy atom. The molecule has 0 bridgehead atoms. The van der Waals surface area contributed by atoms with Gasteiger partial charge in [0.15, 0.2) is 11.5 Å². The lowest BCUT2D eigenvalue weighted by Crippen LogP contribution is -2.40. The Hall–Kier alpha value is -2.93. The van der Waals surface area contributed by atoms with Crippen molar-refractivity contribution in [1.29, 1.82) is 0 Å². The zero-order valence-corrected chi connectivity index (χ0v) is 13.3. The molecule has 0 radical (unpaired) electrons. The first-order chi connectivity index (χ1) is 11.7. The second-order valence-corrected chi connectivity index (χ2v) is 5.47. The zero-order chi connectivity index (χ0) is 16.9. The van der Waals surface area contributed by atoms with Crippen molar-refractivity contribution in [1.82, 2.24) is 25.2 Å². The highest BCUT2D eigenvalue weighted by Crippen LogP contribution is 2.13. The summed E-state index contributed by atoms with van der Waals surface area (Å²) in [5, 5.41) is 23.3. The molecule has 7 nitrogen and oxygen atoms in total. The van der Waals surface area contributed by atoms with Gasteiger partial charge in [-0.05, 0) is 24.6 Å². The Morgan fingerprint density at radius 2 is 1.88 bits per heavy atom. The fourth-order valence-electron chi connectivity index (χ4n) is 2.54. The van der Waals surface area contributed by atoms with Gasteiger partial charge in [0.1, 0.15) is 0 Å². The molecule has 124 valence electrons. The minimum absolute atomic E-state index is 0.181. The van der Waals surface area contributed by atoms with E-state index in [-0.39, 0.29) is 18.7 Å². The Labute approximate surface area is 139 Å². The summed E-state index contributed by atoms with van der Waals surface area (Å²) in [7, 11) is 0. The van der Waals surface area contributed by atoms with Crippen LogP contribution in [0.5, 0.6) is 0 Å². The molecule has 7 heteroatoms. The summed E-state index contributed by atoms with van der Waals surface area (Å²) in [6.45, 7) is 1.65. The van der Waals surface area contributed by atoms with Gasteiger partial charge >= 0.3 is 6.03 Å². The van der Waals surface area contributed by atoms with Crippen LogP contribution in [0.4, 0.5) is 4.79 Å². The Balaban J connectivity index is 1.68. The summed E-state index contributed by atoms with van der Waals surface area (Å²) in [6.07, 6.45) is 1.85. The normalized spacial score (nSPS) is 13.4. The predicted octanol–water partition coefficient (Wildman–Crippen LogP) is 1.82. The third-order valence-electron chi connectivity index (χ3n) is 3.76. The maximum absolute atomic E-state index is 12.2. The SMILES string of the molecule is CC(NC(=O)NC(CO)c1ccccc1)c1nnc2ccccn12. The van der Waals surface area contributed by atoms with E-state index in [0.29, 0.717) is 5.82 Å². The van der Waals surface area contributed by atoms with Crippen LogP contribution in [0.15, 0.2) is 54.7 Å². The number of hydrogen-bond donors (Lipinski definition) is 3. The van der Waals surface area contributed by atoms with Gasteiger partial charge in [0.2, 0.25) is 0 Å². The lowest BCUT2D eigenvalue weighted by atomic mass is 10.1. The monoisotopic (exact) mass is 325 g/mol. The van der Waals surface area contributed by atoms with E-state index in [0.717, 1.165) is 11.2 Å². The van der Waals surface area contributed by atoms with Gasteiger partial charge in [-0.15, -0.1) is 10.2 Å². The molecule has 2 unspecified atom stereocenters. The zero-order valence-electron chi connectivity index (χ0n) is 13.3. The molecular weight excluding hydrogens is 306 g/mol. The average molecular weight is 325 g/mol. The van der Waals surface area contributed by atoms with Gasteiger partial charge in [-0.25, -0.2) is 4.79 Å². The van der Waals surface area contributed by atoms with Crippen LogP contribution in [0.25, 0.3) is 5.65 Å². The first-order valence-corrected chi connectivity index (χ1v) is 7.71. The molecule has 2 heterocycles. The number of urea groups is 1. The van der Waals surface area contributed by atoms with E-state index in [1.54, 1.807) is 0 Å². The molecule has 0 aliphatic rings. The van der Waals surface area contributed by atoms with Crippen LogP contribution in [0, 0.1) is 0 Å².